The molecule has 0 bridgehead atoms. The summed E-state index contributed by atoms with van der Waals surface area (Å²) in [5.74, 6) is -0.542. The second kappa shape index (κ2) is 9.43. The van der Waals surface area contributed by atoms with Gasteiger partial charge in [0.05, 0.1) is 31.2 Å². The number of aromatic nitrogens is 3. The van der Waals surface area contributed by atoms with Crippen molar-refractivity contribution in [2.24, 2.45) is 0 Å². The van der Waals surface area contributed by atoms with Crippen LogP contribution < -0.4 is 16.0 Å². The van der Waals surface area contributed by atoms with E-state index in [-0.39, 0.29) is 55.1 Å². The fourth-order valence-electron chi connectivity index (χ4n) is 2.90. The third-order valence-corrected chi connectivity index (χ3v) is 4.35. The Morgan fingerprint density at radius 1 is 1.33 bits per heavy atom. The van der Waals surface area contributed by atoms with E-state index >= 15 is 0 Å². The Labute approximate surface area is 162 Å². The molecule has 0 radical (unpaired) electrons. The molecule has 2 aromatic rings. The largest absolute Gasteiger partial charge is 0.358 e. The van der Waals surface area contributed by atoms with Crippen LogP contribution >= 0.6 is 12.4 Å². The molecule has 27 heavy (non-hydrogen) atoms. The van der Waals surface area contributed by atoms with Gasteiger partial charge in [-0.15, -0.1) is 17.5 Å². The van der Waals surface area contributed by atoms with Gasteiger partial charge in [-0.05, 0) is 24.1 Å². The van der Waals surface area contributed by atoms with E-state index in [1.54, 1.807) is 30.1 Å². The molecule has 2 heterocycles. The lowest BCUT2D eigenvalue weighted by atomic mass is 10.1. The zero-order chi connectivity index (χ0) is 18.5. The fraction of sp³-hybridized carbons (Fsp3) is 0.412. The summed E-state index contributed by atoms with van der Waals surface area (Å²) >= 11 is 0. The van der Waals surface area contributed by atoms with E-state index in [1.807, 2.05) is 0 Å². The first kappa shape index (κ1) is 20.8. The number of amides is 2. The zero-order valence-corrected chi connectivity index (χ0v) is 15.6. The molecule has 0 unspecified atom stereocenters. The second-order valence-corrected chi connectivity index (χ2v) is 6.23. The Balaban J connectivity index is 0.00000261. The summed E-state index contributed by atoms with van der Waals surface area (Å²) in [4.78, 5) is 23.6. The summed E-state index contributed by atoms with van der Waals surface area (Å²) in [6.45, 7) is 0.900. The van der Waals surface area contributed by atoms with Crippen LogP contribution in [0.25, 0.3) is 0 Å². The topological polar surface area (TPSA) is 101 Å². The lowest BCUT2D eigenvalue weighted by molar-refractivity contribution is -0.122. The summed E-state index contributed by atoms with van der Waals surface area (Å²) < 4.78 is 14.6. The standard InChI is InChI=1S/C17H21FN6O2.ClH/c1-19-17(26)15-7-14(9-20-15)24-10-13(22-23-24)8-21-16(25)6-11-2-4-12(18)5-3-11;/h2-5,10,14-15,20H,6-9H2,1H3,(H,19,26)(H,21,25);1H/t14-,15+;/m1./s1. The van der Waals surface area contributed by atoms with Gasteiger partial charge in [0.2, 0.25) is 11.8 Å². The van der Waals surface area contributed by atoms with E-state index in [1.165, 1.54) is 12.1 Å². The number of halogens is 2. The molecule has 1 aliphatic rings. The highest BCUT2D eigenvalue weighted by atomic mass is 35.5. The van der Waals surface area contributed by atoms with Crippen molar-refractivity contribution in [1.29, 1.82) is 0 Å². The second-order valence-electron chi connectivity index (χ2n) is 6.23. The molecule has 1 fully saturated rings. The smallest absolute Gasteiger partial charge is 0.236 e. The molecule has 1 aromatic carbocycles. The van der Waals surface area contributed by atoms with Crippen LogP contribution in [0.4, 0.5) is 4.39 Å². The van der Waals surface area contributed by atoms with Crippen LogP contribution in [0.5, 0.6) is 0 Å². The van der Waals surface area contributed by atoms with E-state index in [0.29, 0.717) is 18.7 Å². The molecule has 3 N–H and O–H groups in total. The van der Waals surface area contributed by atoms with Crippen molar-refractivity contribution in [3.8, 4) is 0 Å². The van der Waals surface area contributed by atoms with Crippen molar-refractivity contribution < 1.29 is 14.0 Å². The van der Waals surface area contributed by atoms with E-state index in [0.717, 1.165) is 5.56 Å². The Kier molecular flexibility index (Phi) is 7.26. The molecule has 1 aromatic heterocycles. The summed E-state index contributed by atoms with van der Waals surface area (Å²) in [5.41, 5.74) is 1.38. The number of rotatable bonds is 6. The van der Waals surface area contributed by atoms with Crippen molar-refractivity contribution >= 4 is 24.2 Å². The van der Waals surface area contributed by atoms with Gasteiger partial charge in [0.25, 0.3) is 0 Å². The summed E-state index contributed by atoms with van der Waals surface area (Å²) in [5, 5.41) is 16.7. The van der Waals surface area contributed by atoms with Gasteiger partial charge >= 0.3 is 0 Å². The molecule has 2 amide bonds. The molecule has 10 heteroatoms. The van der Waals surface area contributed by atoms with Crippen LogP contribution in [0.15, 0.2) is 30.5 Å². The number of benzene rings is 1. The van der Waals surface area contributed by atoms with Crippen molar-refractivity contribution in [3.05, 3.63) is 47.5 Å². The van der Waals surface area contributed by atoms with Crippen LogP contribution in [0.2, 0.25) is 0 Å². The van der Waals surface area contributed by atoms with Gasteiger partial charge in [-0.2, -0.15) is 0 Å². The first-order valence-corrected chi connectivity index (χ1v) is 8.42. The van der Waals surface area contributed by atoms with Crippen LogP contribution in [-0.2, 0) is 22.6 Å². The van der Waals surface area contributed by atoms with Gasteiger partial charge in [0, 0.05) is 13.6 Å². The number of carbonyl (C=O) groups is 2. The van der Waals surface area contributed by atoms with E-state index in [4.69, 9.17) is 0 Å². The summed E-state index contributed by atoms with van der Waals surface area (Å²) in [7, 11) is 1.61. The predicted octanol–water partition coefficient (Wildman–Crippen LogP) is 0.347. The molecule has 0 saturated carbocycles. The van der Waals surface area contributed by atoms with Crippen LogP contribution in [-0.4, -0.2) is 46.4 Å². The molecule has 0 aliphatic carbocycles. The minimum absolute atomic E-state index is 0. The Hall–Kier alpha value is -2.52. The van der Waals surface area contributed by atoms with Gasteiger partial charge < -0.3 is 16.0 Å². The Bertz CT molecular complexity index is 782. The maximum absolute atomic E-state index is 12.9. The Morgan fingerprint density at radius 3 is 2.78 bits per heavy atom. The van der Waals surface area contributed by atoms with Gasteiger partial charge in [-0.25, -0.2) is 9.07 Å². The molecule has 3 rings (SSSR count). The molecular formula is C17H22ClFN6O2. The average Bonchev–Trinajstić information content (AvgIpc) is 3.30. The van der Waals surface area contributed by atoms with Crippen molar-refractivity contribution in [2.75, 3.05) is 13.6 Å². The van der Waals surface area contributed by atoms with Gasteiger partial charge in [-0.1, -0.05) is 17.3 Å². The van der Waals surface area contributed by atoms with E-state index in [2.05, 4.69) is 26.3 Å². The maximum atomic E-state index is 12.9. The normalized spacial score (nSPS) is 18.6. The van der Waals surface area contributed by atoms with Crippen molar-refractivity contribution in [1.82, 2.24) is 30.9 Å². The molecule has 146 valence electrons. The number of nitrogens with one attached hydrogen (secondary N) is 3. The quantitative estimate of drug-likeness (QED) is 0.654. The maximum Gasteiger partial charge on any atom is 0.236 e. The van der Waals surface area contributed by atoms with Gasteiger partial charge in [0.1, 0.15) is 11.5 Å². The number of hydrogen-bond acceptors (Lipinski definition) is 5. The summed E-state index contributed by atoms with van der Waals surface area (Å²) in [6, 6.07) is 5.65. The molecule has 1 saturated heterocycles. The first-order chi connectivity index (χ1) is 12.5. The SMILES string of the molecule is CNC(=O)[C@@H]1C[C@@H](n2cc(CNC(=O)Cc3ccc(F)cc3)nn2)CN1.Cl. The summed E-state index contributed by atoms with van der Waals surface area (Å²) in [6.07, 6.45) is 2.59. The minimum atomic E-state index is -0.328. The number of nitrogens with zero attached hydrogens (tertiary/aromatic N) is 3. The van der Waals surface area contributed by atoms with Crippen LogP contribution in [0.3, 0.4) is 0 Å². The monoisotopic (exact) mass is 396 g/mol. The van der Waals surface area contributed by atoms with Crippen LogP contribution in [0, 0.1) is 5.82 Å². The molecule has 0 spiro atoms. The predicted molar refractivity (Wildman–Crippen MR) is 98.7 cm³/mol. The van der Waals surface area contributed by atoms with Crippen LogP contribution in [0.1, 0.15) is 23.7 Å². The highest BCUT2D eigenvalue weighted by molar-refractivity contribution is 5.85. The molecule has 2 atom stereocenters. The van der Waals surface area contributed by atoms with Gasteiger partial charge in [-0.3, -0.25) is 9.59 Å². The van der Waals surface area contributed by atoms with E-state index < -0.39 is 0 Å². The van der Waals surface area contributed by atoms with Gasteiger partial charge in [0.15, 0.2) is 0 Å². The van der Waals surface area contributed by atoms with Crippen molar-refractivity contribution in [2.45, 2.75) is 31.5 Å². The fourth-order valence-corrected chi connectivity index (χ4v) is 2.90. The lowest BCUT2D eigenvalue weighted by Gasteiger charge is -2.08. The Morgan fingerprint density at radius 2 is 2.07 bits per heavy atom. The van der Waals surface area contributed by atoms with E-state index in [9.17, 15) is 14.0 Å². The number of likely N-dealkylation sites (N-methyl/N-ethyl adjacent to an activating group) is 1. The number of carbonyl (C=O) groups excluding carboxylic acids is 2. The average molecular weight is 397 g/mol. The zero-order valence-electron chi connectivity index (χ0n) is 14.8. The molecular weight excluding hydrogens is 375 g/mol. The minimum Gasteiger partial charge on any atom is -0.358 e. The first-order valence-electron chi connectivity index (χ1n) is 8.42. The molecule has 1 aliphatic heterocycles. The number of hydrogen-bond donors (Lipinski definition) is 3. The molecule has 8 nitrogen and oxygen atoms in total. The lowest BCUT2D eigenvalue weighted by Crippen LogP contribution is -2.38. The van der Waals surface area contributed by atoms with Crippen molar-refractivity contribution in [3.63, 3.8) is 0 Å². The third kappa shape index (κ3) is 5.48. The third-order valence-electron chi connectivity index (χ3n) is 4.35. The highest BCUT2D eigenvalue weighted by Gasteiger charge is 2.30. The highest BCUT2D eigenvalue weighted by Crippen LogP contribution is 2.18.